The molecule has 5 heteroatoms. The molecule has 5 nitrogen and oxygen atoms in total. The van der Waals surface area contributed by atoms with E-state index in [9.17, 15) is 14.7 Å². The van der Waals surface area contributed by atoms with Crippen LogP contribution in [0.25, 0.3) is 0 Å². The fraction of sp³-hybridized carbons (Fsp3) is 0.667. The van der Waals surface area contributed by atoms with E-state index in [4.69, 9.17) is 0 Å². The van der Waals surface area contributed by atoms with Gasteiger partial charge < -0.3 is 9.94 Å². The van der Waals surface area contributed by atoms with Crippen molar-refractivity contribution in [2.45, 2.75) is 25.5 Å². The van der Waals surface area contributed by atoms with Crippen LogP contribution < -0.4 is 0 Å². The molecule has 1 atom stereocenters. The minimum absolute atomic E-state index is 0.123. The van der Waals surface area contributed by atoms with E-state index in [0.29, 0.717) is 11.5 Å². The highest BCUT2D eigenvalue weighted by Gasteiger charge is 2.41. The summed E-state index contributed by atoms with van der Waals surface area (Å²) in [6, 6.07) is 0. The quantitative estimate of drug-likeness (QED) is 0.546. The molecule has 0 aromatic heterocycles. The summed E-state index contributed by atoms with van der Waals surface area (Å²) in [5.74, 6) is -0.373. The number of amides is 1. The van der Waals surface area contributed by atoms with Gasteiger partial charge in [-0.3, -0.25) is 9.59 Å². The monoisotopic (exact) mass is 159 g/mol. The zero-order valence-electron chi connectivity index (χ0n) is 6.11. The molecular formula is C6H9NO4. The van der Waals surface area contributed by atoms with Crippen LogP contribution in [0.5, 0.6) is 0 Å². The number of hydrogen-bond donors (Lipinski definition) is 1. The summed E-state index contributed by atoms with van der Waals surface area (Å²) < 4.78 is 0. The van der Waals surface area contributed by atoms with Crippen LogP contribution in [0.15, 0.2) is 0 Å². The van der Waals surface area contributed by atoms with Gasteiger partial charge in [0, 0.05) is 12.8 Å². The molecule has 0 aliphatic carbocycles. The number of hydroxylamine groups is 2. The van der Waals surface area contributed by atoms with Gasteiger partial charge in [-0.25, -0.2) is 0 Å². The molecule has 1 aliphatic heterocycles. The molecule has 1 N–H and O–H groups in total. The van der Waals surface area contributed by atoms with Gasteiger partial charge in [-0.1, -0.05) is 0 Å². The second kappa shape index (κ2) is 2.50. The maximum atomic E-state index is 10.9. The van der Waals surface area contributed by atoms with Gasteiger partial charge in [0.15, 0.2) is 5.72 Å². The third-order valence-corrected chi connectivity index (χ3v) is 1.62. The van der Waals surface area contributed by atoms with Gasteiger partial charge in [-0.05, 0) is 6.92 Å². The van der Waals surface area contributed by atoms with Crippen molar-refractivity contribution in [1.82, 2.24) is 5.06 Å². The zero-order chi connectivity index (χ0) is 8.48. The molecule has 0 spiro atoms. The Morgan fingerprint density at radius 1 is 1.82 bits per heavy atom. The summed E-state index contributed by atoms with van der Waals surface area (Å²) in [6.07, 6.45) is 0.501. The molecule has 1 heterocycles. The molecule has 1 amide bonds. The highest BCUT2D eigenvalue weighted by Crippen LogP contribution is 2.26. The fourth-order valence-corrected chi connectivity index (χ4v) is 1.03. The van der Waals surface area contributed by atoms with Gasteiger partial charge in [0.05, 0.1) is 0 Å². The summed E-state index contributed by atoms with van der Waals surface area (Å²) in [6.45, 7) is 1.54. The van der Waals surface area contributed by atoms with E-state index in [1.807, 2.05) is 0 Å². The first kappa shape index (κ1) is 8.00. The van der Waals surface area contributed by atoms with Crippen LogP contribution in [-0.4, -0.2) is 28.3 Å². The van der Waals surface area contributed by atoms with Crippen molar-refractivity contribution in [3.05, 3.63) is 0 Å². The highest BCUT2D eigenvalue weighted by atomic mass is 16.7. The average molecular weight is 159 g/mol. The maximum Gasteiger partial charge on any atom is 0.321 e. The average Bonchev–Trinajstić information content (AvgIpc) is 2.16. The van der Waals surface area contributed by atoms with E-state index in [2.05, 4.69) is 4.84 Å². The fourth-order valence-electron chi connectivity index (χ4n) is 1.03. The number of rotatable bonds is 2. The molecule has 0 aromatic carbocycles. The van der Waals surface area contributed by atoms with Gasteiger partial charge in [0.2, 0.25) is 0 Å². The van der Waals surface area contributed by atoms with E-state index >= 15 is 0 Å². The molecule has 62 valence electrons. The van der Waals surface area contributed by atoms with Crippen LogP contribution >= 0.6 is 0 Å². The van der Waals surface area contributed by atoms with Gasteiger partial charge in [0.1, 0.15) is 0 Å². The van der Waals surface area contributed by atoms with Crippen molar-refractivity contribution in [3.8, 4) is 0 Å². The maximum absolute atomic E-state index is 10.9. The number of carbonyl (C=O) groups is 2. The lowest BCUT2D eigenvalue weighted by Crippen LogP contribution is -2.42. The molecule has 11 heavy (non-hydrogen) atoms. The Balaban J connectivity index is 2.71. The summed E-state index contributed by atoms with van der Waals surface area (Å²) in [4.78, 5) is 25.0. The molecular weight excluding hydrogens is 150 g/mol. The SMILES string of the molecule is CC1(O)CCC(=O)N1OC=O. The lowest BCUT2D eigenvalue weighted by atomic mass is 10.2. The van der Waals surface area contributed by atoms with Crippen LogP contribution in [0.1, 0.15) is 19.8 Å². The van der Waals surface area contributed by atoms with Crippen LogP contribution in [0.3, 0.4) is 0 Å². The van der Waals surface area contributed by atoms with Crippen molar-refractivity contribution in [3.63, 3.8) is 0 Å². The van der Waals surface area contributed by atoms with Gasteiger partial charge >= 0.3 is 6.47 Å². The summed E-state index contributed by atoms with van der Waals surface area (Å²) in [5, 5.41) is 10.1. The normalized spacial score (nSPS) is 30.7. The molecule has 1 saturated heterocycles. The highest BCUT2D eigenvalue weighted by molar-refractivity contribution is 5.78. The van der Waals surface area contributed by atoms with Crippen molar-refractivity contribution >= 4 is 12.4 Å². The number of hydrogen-bond acceptors (Lipinski definition) is 4. The minimum atomic E-state index is -1.34. The first-order valence-electron chi connectivity index (χ1n) is 3.24. The Morgan fingerprint density at radius 2 is 2.45 bits per heavy atom. The van der Waals surface area contributed by atoms with Crippen LogP contribution in [0.2, 0.25) is 0 Å². The molecule has 1 unspecified atom stereocenters. The molecule has 1 fully saturated rings. The molecule has 1 aliphatic rings. The molecule has 0 radical (unpaired) electrons. The minimum Gasteiger partial charge on any atom is -0.368 e. The van der Waals surface area contributed by atoms with Crippen LogP contribution in [0, 0.1) is 0 Å². The van der Waals surface area contributed by atoms with E-state index < -0.39 is 5.72 Å². The van der Waals surface area contributed by atoms with Gasteiger partial charge in [-0.2, -0.15) is 0 Å². The first-order chi connectivity index (χ1) is 5.08. The van der Waals surface area contributed by atoms with Crippen molar-refractivity contribution in [1.29, 1.82) is 0 Å². The van der Waals surface area contributed by atoms with Crippen LogP contribution in [0.4, 0.5) is 0 Å². The Kier molecular flexibility index (Phi) is 1.82. The van der Waals surface area contributed by atoms with E-state index in [1.165, 1.54) is 6.92 Å². The van der Waals surface area contributed by atoms with Crippen LogP contribution in [-0.2, 0) is 14.4 Å². The topological polar surface area (TPSA) is 66.8 Å². The van der Waals surface area contributed by atoms with Crippen molar-refractivity contribution in [2.24, 2.45) is 0 Å². The first-order valence-corrected chi connectivity index (χ1v) is 3.24. The molecule has 0 bridgehead atoms. The predicted molar refractivity (Wildman–Crippen MR) is 33.9 cm³/mol. The Bertz CT molecular complexity index is 189. The lowest BCUT2D eigenvalue weighted by Gasteiger charge is -2.25. The van der Waals surface area contributed by atoms with Gasteiger partial charge in [-0.15, -0.1) is 5.06 Å². The van der Waals surface area contributed by atoms with E-state index in [1.54, 1.807) is 0 Å². The lowest BCUT2D eigenvalue weighted by molar-refractivity contribution is -0.239. The Morgan fingerprint density at radius 3 is 2.82 bits per heavy atom. The molecule has 0 aromatic rings. The largest absolute Gasteiger partial charge is 0.368 e. The van der Waals surface area contributed by atoms with Crippen molar-refractivity contribution in [2.75, 3.05) is 0 Å². The standard InChI is InChI=1S/C6H9NO4/c1-6(10)3-2-5(9)7(6)11-4-8/h4,10H,2-3H2,1H3. The zero-order valence-corrected chi connectivity index (χ0v) is 6.11. The second-order valence-electron chi connectivity index (χ2n) is 2.61. The summed E-state index contributed by atoms with van der Waals surface area (Å²) in [5.41, 5.74) is -1.34. The second-order valence-corrected chi connectivity index (χ2v) is 2.61. The summed E-state index contributed by atoms with van der Waals surface area (Å²) >= 11 is 0. The third-order valence-electron chi connectivity index (χ3n) is 1.62. The van der Waals surface area contributed by atoms with E-state index in [-0.39, 0.29) is 18.8 Å². The van der Waals surface area contributed by atoms with E-state index in [0.717, 1.165) is 0 Å². The smallest absolute Gasteiger partial charge is 0.321 e. The molecule has 0 saturated carbocycles. The Hall–Kier alpha value is -1.10. The number of aliphatic hydroxyl groups is 1. The summed E-state index contributed by atoms with van der Waals surface area (Å²) in [7, 11) is 0. The van der Waals surface area contributed by atoms with Gasteiger partial charge in [0.25, 0.3) is 5.91 Å². The number of carbonyl (C=O) groups excluding carboxylic acids is 2. The van der Waals surface area contributed by atoms with Crippen molar-refractivity contribution < 1.29 is 19.5 Å². The third kappa shape index (κ3) is 1.32. The predicted octanol–water partition coefficient (Wildman–Crippen LogP) is -0.595. The molecule has 1 rings (SSSR count). The number of nitrogens with zero attached hydrogens (tertiary/aromatic N) is 1. The Labute approximate surface area is 63.5 Å².